The first-order valence-corrected chi connectivity index (χ1v) is 3.83. The van der Waals surface area contributed by atoms with Crippen LogP contribution in [0, 0.1) is 0 Å². The maximum Gasteiger partial charge on any atom is 0.433 e. The van der Waals surface area contributed by atoms with Crippen molar-refractivity contribution in [3.05, 3.63) is 11.1 Å². The van der Waals surface area contributed by atoms with Gasteiger partial charge in [-0.3, -0.25) is 4.99 Å². The Balaban J connectivity index is 2.96. The summed E-state index contributed by atoms with van der Waals surface area (Å²) in [5.74, 6) is 0. The molecule has 0 saturated heterocycles. The predicted molar refractivity (Wildman–Crippen MR) is 42.7 cm³/mol. The van der Waals surface area contributed by atoms with Crippen LogP contribution in [0.4, 0.5) is 13.2 Å². The molecule has 1 N–H and O–H groups in total. The van der Waals surface area contributed by atoms with Crippen molar-refractivity contribution in [2.24, 2.45) is 4.99 Å². The Morgan fingerprint density at radius 1 is 1.46 bits per heavy atom. The fourth-order valence-electron chi connectivity index (χ4n) is 1.30. The van der Waals surface area contributed by atoms with Gasteiger partial charge in [0, 0.05) is 0 Å². The minimum atomic E-state index is -4.40. The monoisotopic (exact) mass is 193 g/mol. The molecule has 5 heteroatoms. The summed E-state index contributed by atoms with van der Waals surface area (Å²) in [4.78, 5) is 3.35. The summed E-state index contributed by atoms with van der Waals surface area (Å²) in [6, 6.07) is 0. The van der Waals surface area contributed by atoms with Gasteiger partial charge in [-0.25, -0.2) is 0 Å². The van der Waals surface area contributed by atoms with Crippen LogP contribution in [-0.2, 0) is 0 Å². The van der Waals surface area contributed by atoms with E-state index in [1.165, 1.54) is 13.8 Å². The van der Waals surface area contributed by atoms with Gasteiger partial charge in [0.25, 0.3) is 0 Å². The average molecular weight is 193 g/mol. The van der Waals surface area contributed by atoms with Gasteiger partial charge >= 0.3 is 6.18 Å². The normalized spacial score (nSPS) is 20.6. The van der Waals surface area contributed by atoms with E-state index in [2.05, 4.69) is 4.99 Å². The number of nitrogens with zero attached hydrogens (tertiary/aromatic N) is 1. The topological polar surface area (TPSA) is 32.6 Å². The highest BCUT2D eigenvalue weighted by atomic mass is 19.4. The SMILES string of the molecule is CC1=C(C(C)O)CN=C1C(F)(F)F. The highest BCUT2D eigenvalue weighted by molar-refractivity contribution is 6.06. The maximum atomic E-state index is 12.2. The third-order valence-electron chi connectivity index (χ3n) is 2.02. The summed E-state index contributed by atoms with van der Waals surface area (Å²) in [5.41, 5.74) is -0.446. The average Bonchev–Trinajstić information content (AvgIpc) is 2.28. The van der Waals surface area contributed by atoms with Crippen molar-refractivity contribution in [2.75, 3.05) is 6.54 Å². The number of rotatable bonds is 1. The molecule has 0 spiro atoms. The lowest BCUT2D eigenvalue weighted by atomic mass is 10.0. The molecule has 1 aliphatic rings. The minimum absolute atomic E-state index is 0.0433. The van der Waals surface area contributed by atoms with Gasteiger partial charge in [-0.05, 0) is 25.0 Å². The van der Waals surface area contributed by atoms with E-state index in [9.17, 15) is 13.2 Å². The van der Waals surface area contributed by atoms with Crippen LogP contribution < -0.4 is 0 Å². The zero-order chi connectivity index (χ0) is 10.2. The van der Waals surface area contributed by atoms with Gasteiger partial charge in [-0.15, -0.1) is 0 Å². The quantitative estimate of drug-likeness (QED) is 0.675. The Labute approximate surface area is 73.8 Å². The molecule has 0 radical (unpaired) electrons. The number of aliphatic hydroxyl groups excluding tert-OH is 1. The van der Waals surface area contributed by atoms with Gasteiger partial charge in [0.2, 0.25) is 0 Å². The maximum absolute atomic E-state index is 12.2. The Bertz CT molecular complexity index is 276. The lowest BCUT2D eigenvalue weighted by molar-refractivity contribution is -0.0581. The van der Waals surface area contributed by atoms with Gasteiger partial charge in [-0.1, -0.05) is 0 Å². The molecule has 0 saturated carbocycles. The second kappa shape index (κ2) is 3.14. The van der Waals surface area contributed by atoms with Crippen molar-refractivity contribution in [3.8, 4) is 0 Å². The molecule has 0 bridgehead atoms. The number of allylic oxidation sites excluding steroid dienone is 1. The second-order valence-electron chi connectivity index (χ2n) is 2.99. The first-order valence-electron chi connectivity index (χ1n) is 3.83. The molecule has 1 atom stereocenters. The number of aliphatic imine (C=N–C) groups is 1. The van der Waals surface area contributed by atoms with Crippen molar-refractivity contribution in [3.63, 3.8) is 0 Å². The third-order valence-corrected chi connectivity index (χ3v) is 2.02. The number of alkyl halides is 3. The fourth-order valence-corrected chi connectivity index (χ4v) is 1.30. The minimum Gasteiger partial charge on any atom is -0.389 e. The van der Waals surface area contributed by atoms with Gasteiger partial charge in [0.05, 0.1) is 12.6 Å². The van der Waals surface area contributed by atoms with Crippen LogP contribution in [0.5, 0.6) is 0 Å². The zero-order valence-electron chi connectivity index (χ0n) is 7.31. The molecule has 0 aromatic carbocycles. The van der Waals surface area contributed by atoms with Crippen molar-refractivity contribution in [1.82, 2.24) is 0 Å². The molecule has 2 nitrogen and oxygen atoms in total. The summed E-state index contributed by atoms with van der Waals surface area (Å²) >= 11 is 0. The smallest absolute Gasteiger partial charge is 0.389 e. The number of hydrogen-bond donors (Lipinski definition) is 1. The van der Waals surface area contributed by atoms with Gasteiger partial charge in [0.15, 0.2) is 0 Å². The first-order chi connectivity index (χ1) is 5.84. The van der Waals surface area contributed by atoms with Crippen molar-refractivity contribution in [1.29, 1.82) is 0 Å². The molecular weight excluding hydrogens is 183 g/mol. The summed E-state index contributed by atoms with van der Waals surface area (Å²) in [5, 5.41) is 9.11. The van der Waals surface area contributed by atoms with Gasteiger partial charge in [0.1, 0.15) is 5.71 Å². The van der Waals surface area contributed by atoms with Crippen LogP contribution in [0.2, 0.25) is 0 Å². The molecule has 0 aliphatic carbocycles. The molecule has 0 aromatic rings. The molecule has 1 unspecified atom stereocenters. The van der Waals surface area contributed by atoms with E-state index in [0.29, 0.717) is 5.57 Å². The summed E-state index contributed by atoms with van der Waals surface area (Å²) in [7, 11) is 0. The summed E-state index contributed by atoms with van der Waals surface area (Å²) in [6.45, 7) is 2.73. The van der Waals surface area contributed by atoms with Crippen LogP contribution in [0.1, 0.15) is 13.8 Å². The number of aliphatic hydroxyl groups is 1. The van der Waals surface area contributed by atoms with E-state index in [1.807, 2.05) is 0 Å². The summed E-state index contributed by atoms with van der Waals surface area (Å²) < 4.78 is 36.6. The Morgan fingerprint density at radius 3 is 2.23 bits per heavy atom. The number of hydrogen-bond acceptors (Lipinski definition) is 2. The second-order valence-corrected chi connectivity index (χ2v) is 2.99. The van der Waals surface area contributed by atoms with E-state index in [1.54, 1.807) is 0 Å². The number of halogens is 3. The van der Waals surface area contributed by atoms with Crippen LogP contribution in [-0.4, -0.2) is 29.6 Å². The molecule has 1 aliphatic heterocycles. The van der Waals surface area contributed by atoms with E-state index < -0.39 is 18.0 Å². The molecular formula is C8H10F3NO. The predicted octanol–water partition coefficient (Wildman–Crippen LogP) is 1.70. The van der Waals surface area contributed by atoms with Crippen molar-refractivity contribution >= 4 is 5.71 Å². The molecule has 74 valence electrons. The van der Waals surface area contributed by atoms with E-state index in [-0.39, 0.29) is 12.1 Å². The standard InChI is InChI=1S/C8H10F3NO/c1-4-6(5(2)13)3-12-7(4)8(9,10)11/h5,13H,3H2,1-2H3. The highest BCUT2D eigenvalue weighted by Crippen LogP contribution is 2.29. The van der Waals surface area contributed by atoms with E-state index in [0.717, 1.165) is 0 Å². The molecule has 13 heavy (non-hydrogen) atoms. The summed E-state index contributed by atoms with van der Waals surface area (Å²) in [6.07, 6.45) is -5.26. The van der Waals surface area contributed by atoms with Crippen molar-refractivity contribution in [2.45, 2.75) is 26.1 Å². The van der Waals surface area contributed by atoms with Crippen LogP contribution in [0.3, 0.4) is 0 Å². The molecule has 0 fully saturated rings. The highest BCUT2D eigenvalue weighted by Gasteiger charge is 2.40. The lowest BCUT2D eigenvalue weighted by Crippen LogP contribution is -2.23. The third kappa shape index (κ3) is 1.91. The zero-order valence-corrected chi connectivity index (χ0v) is 7.31. The van der Waals surface area contributed by atoms with E-state index >= 15 is 0 Å². The molecule has 0 aromatic heterocycles. The molecule has 0 amide bonds. The van der Waals surface area contributed by atoms with E-state index in [4.69, 9.17) is 5.11 Å². The molecule has 1 heterocycles. The van der Waals surface area contributed by atoms with Crippen LogP contribution >= 0.6 is 0 Å². The molecule has 1 rings (SSSR count). The Kier molecular flexibility index (Phi) is 2.47. The van der Waals surface area contributed by atoms with Gasteiger partial charge in [-0.2, -0.15) is 13.2 Å². The van der Waals surface area contributed by atoms with Crippen LogP contribution in [0.15, 0.2) is 16.1 Å². The first kappa shape index (κ1) is 10.2. The van der Waals surface area contributed by atoms with Gasteiger partial charge < -0.3 is 5.11 Å². The fraction of sp³-hybridized carbons (Fsp3) is 0.625. The Hall–Kier alpha value is -0.840. The van der Waals surface area contributed by atoms with Crippen molar-refractivity contribution < 1.29 is 18.3 Å². The largest absolute Gasteiger partial charge is 0.433 e. The van der Waals surface area contributed by atoms with Crippen LogP contribution in [0.25, 0.3) is 0 Å². The lowest BCUT2D eigenvalue weighted by Gasteiger charge is -2.09. The Morgan fingerprint density at radius 2 is 2.00 bits per heavy atom.